The van der Waals surface area contributed by atoms with E-state index in [-0.39, 0.29) is 11.8 Å². The van der Waals surface area contributed by atoms with Crippen LogP contribution in [0.5, 0.6) is 0 Å². The first-order valence-corrected chi connectivity index (χ1v) is 4.84. The van der Waals surface area contributed by atoms with E-state index in [1.165, 1.54) is 6.92 Å². The fourth-order valence-electron chi connectivity index (χ4n) is 1.27. The average Bonchev–Trinajstić information content (AvgIpc) is 2.20. The summed E-state index contributed by atoms with van der Waals surface area (Å²) in [4.78, 5) is 11.2. The van der Waals surface area contributed by atoms with Gasteiger partial charge in [-0.05, 0) is 32.0 Å². The zero-order chi connectivity index (χ0) is 11.4. The highest BCUT2D eigenvalue weighted by Gasteiger charge is 2.06. The van der Waals surface area contributed by atoms with Crippen LogP contribution in [0.4, 0.5) is 11.4 Å². The van der Waals surface area contributed by atoms with E-state index >= 15 is 0 Å². The van der Waals surface area contributed by atoms with Crippen LogP contribution < -0.4 is 11.1 Å². The lowest BCUT2D eigenvalue weighted by molar-refractivity contribution is 0.101. The molecule has 0 bridgehead atoms. The molecule has 15 heavy (non-hydrogen) atoms. The van der Waals surface area contributed by atoms with Crippen LogP contribution in [0.25, 0.3) is 0 Å². The Labute approximate surface area is 90.0 Å². The van der Waals surface area contributed by atoms with Gasteiger partial charge in [-0.2, -0.15) is 0 Å². The Morgan fingerprint density at radius 1 is 1.60 bits per heavy atom. The smallest absolute Gasteiger partial charge is 0.161 e. The van der Waals surface area contributed by atoms with Gasteiger partial charge in [0.2, 0.25) is 0 Å². The molecule has 0 aromatic heterocycles. The first kappa shape index (κ1) is 11.3. The molecule has 0 aliphatic heterocycles. The van der Waals surface area contributed by atoms with Gasteiger partial charge in [0.1, 0.15) is 0 Å². The predicted octanol–water partition coefficient (Wildman–Crippen LogP) is 2.46. The summed E-state index contributed by atoms with van der Waals surface area (Å²) >= 11 is 0. The molecule has 1 unspecified atom stereocenters. The third-order valence-corrected chi connectivity index (χ3v) is 2.18. The summed E-state index contributed by atoms with van der Waals surface area (Å²) in [5, 5.41) is 3.19. The molecule has 0 aliphatic rings. The number of rotatable bonds is 4. The van der Waals surface area contributed by atoms with Gasteiger partial charge in [-0.15, -0.1) is 6.58 Å². The summed E-state index contributed by atoms with van der Waals surface area (Å²) in [6, 6.07) is 5.50. The molecule has 1 rings (SSSR count). The van der Waals surface area contributed by atoms with E-state index in [0.717, 1.165) is 5.69 Å². The number of carbonyl (C=O) groups is 1. The molecule has 0 radical (unpaired) electrons. The quantitative estimate of drug-likeness (QED) is 0.450. The Hall–Kier alpha value is -1.77. The Morgan fingerprint density at radius 3 is 2.80 bits per heavy atom. The molecule has 0 saturated heterocycles. The fourth-order valence-corrected chi connectivity index (χ4v) is 1.27. The lowest BCUT2D eigenvalue weighted by Gasteiger charge is -2.12. The third-order valence-electron chi connectivity index (χ3n) is 2.18. The maximum Gasteiger partial charge on any atom is 0.161 e. The Kier molecular flexibility index (Phi) is 3.50. The minimum atomic E-state index is -0.0255. The van der Waals surface area contributed by atoms with Crippen LogP contribution >= 0.6 is 0 Å². The molecule has 0 aliphatic carbocycles. The Morgan fingerprint density at radius 2 is 2.27 bits per heavy atom. The van der Waals surface area contributed by atoms with E-state index in [1.807, 2.05) is 13.0 Å². The second-order valence-corrected chi connectivity index (χ2v) is 3.53. The number of nitrogens with one attached hydrogen (secondary N) is 1. The molecule has 80 valence electrons. The summed E-state index contributed by atoms with van der Waals surface area (Å²) in [6.07, 6.45) is 1.80. The Bertz CT molecular complexity index is 385. The number of anilines is 2. The number of Topliss-reactive ketones (excluding diaryl/α,β-unsaturated/α-hetero) is 1. The first-order chi connectivity index (χ1) is 7.04. The van der Waals surface area contributed by atoms with Crippen molar-refractivity contribution in [3.8, 4) is 0 Å². The van der Waals surface area contributed by atoms with E-state index in [0.29, 0.717) is 11.3 Å². The van der Waals surface area contributed by atoms with Gasteiger partial charge in [-0.25, -0.2) is 0 Å². The minimum Gasteiger partial charge on any atom is -0.398 e. The molecular weight excluding hydrogens is 188 g/mol. The monoisotopic (exact) mass is 204 g/mol. The van der Waals surface area contributed by atoms with Crippen molar-refractivity contribution in [2.45, 2.75) is 19.9 Å². The summed E-state index contributed by atoms with van der Waals surface area (Å²) in [7, 11) is 0. The predicted molar refractivity (Wildman–Crippen MR) is 64.1 cm³/mol. The van der Waals surface area contributed by atoms with E-state index in [9.17, 15) is 4.79 Å². The highest BCUT2D eigenvalue weighted by molar-refractivity contribution is 6.00. The molecule has 0 heterocycles. The summed E-state index contributed by atoms with van der Waals surface area (Å²) in [5.41, 5.74) is 7.63. The standard InChI is InChI=1S/C12H16N2O/c1-4-8(2)14-10-5-6-12(13)11(7-10)9(3)15/h4-8,14H,1,13H2,2-3H3. The van der Waals surface area contributed by atoms with Crippen molar-refractivity contribution in [1.29, 1.82) is 0 Å². The maximum absolute atomic E-state index is 11.2. The number of hydrogen-bond acceptors (Lipinski definition) is 3. The van der Waals surface area contributed by atoms with Crippen LogP contribution in [0.3, 0.4) is 0 Å². The maximum atomic E-state index is 11.2. The highest BCUT2D eigenvalue weighted by Crippen LogP contribution is 2.19. The van der Waals surface area contributed by atoms with Crippen LogP contribution in [0.2, 0.25) is 0 Å². The second-order valence-electron chi connectivity index (χ2n) is 3.53. The number of benzene rings is 1. The number of hydrogen-bond donors (Lipinski definition) is 2. The zero-order valence-electron chi connectivity index (χ0n) is 9.08. The van der Waals surface area contributed by atoms with E-state index in [4.69, 9.17) is 5.73 Å². The normalized spacial score (nSPS) is 11.9. The van der Waals surface area contributed by atoms with Gasteiger partial charge < -0.3 is 11.1 Å². The number of ketones is 1. The fraction of sp³-hybridized carbons (Fsp3) is 0.250. The van der Waals surface area contributed by atoms with Crippen molar-refractivity contribution >= 4 is 17.2 Å². The lowest BCUT2D eigenvalue weighted by Crippen LogP contribution is -2.12. The summed E-state index contributed by atoms with van der Waals surface area (Å²) < 4.78 is 0. The number of nitrogens with two attached hydrogens (primary N) is 1. The molecule has 3 heteroatoms. The molecule has 0 spiro atoms. The molecular formula is C12H16N2O. The van der Waals surface area contributed by atoms with Crippen LogP contribution in [0.15, 0.2) is 30.9 Å². The van der Waals surface area contributed by atoms with E-state index in [2.05, 4.69) is 11.9 Å². The average molecular weight is 204 g/mol. The highest BCUT2D eigenvalue weighted by atomic mass is 16.1. The third kappa shape index (κ3) is 2.84. The molecule has 1 aromatic rings. The van der Waals surface area contributed by atoms with Gasteiger partial charge in [0.25, 0.3) is 0 Å². The lowest BCUT2D eigenvalue weighted by atomic mass is 10.1. The number of nitrogen functional groups attached to an aromatic ring is 1. The largest absolute Gasteiger partial charge is 0.398 e. The molecule has 1 aromatic carbocycles. The second kappa shape index (κ2) is 4.64. The van der Waals surface area contributed by atoms with Crippen LogP contribution in [-0.2, 0) is 0 Å². The van der Waals surface area contributed by atoms with Crippen LogP contribution in [0.1, 0.15) is 24.2 Å². The van der Waals surface area contributed by atoms with Gasteiger partial charge in [0.05, 0.1) is 0 Å². The molecule has 0 fully saturated rings. The van der Waals surface area contributed by atoms with Crippen molar-refractivity contribution in [3.05, 3.63) is 36.4 Å². The van der Waals surface area contributed by atoms with Crippen LogP contribution in [0, 0.1) is 0 Å². The number of carbonyl (C=O) groups excluding carboxylic acids is 1. The zero-order valence-corrected chi connectivity index (χ0v) is 9.08. The van der Waals surface area contributed by atoms with E-state index < -0.39 is 0 Å². The van der Waals surface area contributed by atoms with Crippen molar-refractivity contribution in [3.63, 3.8) is 0 Å². The van der Waals surface area contributed by atoms with E-state index in [1.54, 1.807) is 18.2 Å². The molecule has 3 N–H and O–H groups in total. The molecule has 1 atom stereocenters. The van der Waals surface area contributed by atoms with Crippen molar-refractivity contribution < 1.29 is 4.79 Å². The van der Waals surface area contributed by atoms with Gasteiger partial charge in [-0.3, -0.25) is 4.79 Å². The SMILES string of the molecule is C=CC(C)Nc1ccc(N)c(C(C)=O)c1. The summed E-state index contributed by atoms with van der Waals surface area (Å²) in [5.74, 6) is -0.0255. The van der Waals surface area contributed by atoms with Gasteiger partial charge in [0.15, 0.2) is 5.78 Å². The molecule has 0 saturated carbocycles. The first-order valence-electron chi connectivity index (χ1n) is 4.84. The van der Waals surface area contributed by atoms with Crippen molar-refractivity contribution in [2.75, 3.05) is 11.1 Å². The minimum absolute atomic E-state index is 0.0255. The van der Waals surface area contributed by atoms with Gasteiger partial charge in [0, 0.05) is 23.0 Å². The summed E-state index contributed by atoms with van der Waals surface area (Å²) in [6.45, 7) is 7.17. The topological polar surface area (TPSA) is 55.1 Å². The Balaban J connectivity index is 2.97. The van der Waals surface area contributed by atoms with Crippen molar-refractivity contribution in [2.24, 2.45) is 0 Å². The van der Waals surface area contributed by atoms with Gasteiger partial charge in [-0.1, -0.05) is 6.08 Å². The molecule has 3 nitrogen and oxygen atoms in total. The van der Waals surface area contributed by atoms with Crippen LogP contribution in [-0.4, -0.2) is 11.8 Å². The molecule has 0 amide bonds. The van der Waals surface area contributed by atoms with Crippen molar-refractivity contribution in [1.82, 2.24) is 0 Å². The van der Waals surface area contributed by atoms with Gasteiger partial charge >= 0.3 is 0 Å².